The first-order valence-electron chi connectivity index (χ1n) is 10.1. The Morgan fingerprint density at radius 1 is 0.812 bits per heavy atom. The smallest absolute Gasteiger partial charge is 0.325 e. The van der Waals surface area contributed by atoms with Gasteiger partial charge in [-0.2, -0.15) is 0 Å². The number of carboxylic acids is 2. The molecule has 4 atom stereocenters. The Hall–Kier alpha value is -3.22. The number of rotatable bonds is 14. The number of carboxylic acid groups (broad SMARTS) is 2. The summed E-state index contributed by atoms with van der Waals surface area (Å²) in [5.74, 6) is -5.34. The lowest BCUT2D eigenvalue weighted by molar-refractivity contribution is -0.141. The van der Waals surface area contributed by atoms with Crippen molar-refractivity contribution in [2.24, 2.45) is 11.7 Å². The summed E-state index contributed by atoms with van der Waals surface area (Å²) in [4.78, 5) is 70.6. The van der Waals surface area contributed by atoms with E-state index in [9.17, 15) is 28.8 Å². The van der Waals surface area contributed by atoms with E-state index in [2.05, 4.69) is 21.3 Å². The number of carbonyl (C=O) groups excluding carboxylic acids is 4. The second-order valence-corrected chi connectivity index (χ2v) is 7.82. The largest absolute Gasteiger partial charge is 0.481 e. The molecule has 0 saturated heterocycles. The fourth-order valence-electron chi connectivity index (χ4n) is 2.46. The Labute approximate surface area is 185 Å². The predicted octanol–water partition coefficient (Wildman–Crippen LogP) is -2.08. The van der Waals surface area contributed by atoms with E-state index < -0.39 is 72.7 Å². The molecule has 182 valence electrons. The Balaban J connectivity index is 5.23. The molecule has 0 aliphatic carbocycles. The lowest BCUT2D eigenvalue weighted by Gasteiger charge is -2.24. The molecule has 4 unspecified atom stereocenters. The van der Waals surface area contributed by atoms with Gasteiger partial charge in [-0.25, -0.2) is 0 Å². The molecule has 0 aliphatic heterocycles. The van der Waals surface area contributed by atoms with Gasteiger partial charge in [-0.05, 0) is 32.6 Å². The highest BCUT2D eigenvalue weighted by Gasteiger charge is 2.28. The van der Waals surface area contributed by atoms with Crippen molar-refractivity contribution < 1.29 is 39.0 Å². The summed E-state index contributed by atoms with van der Waals surface area (Å²) in [6, 6.07) is -4.35. The molecule has 0 aromatic heterocycles. The molecule has 0 aromatic rings. The Morgan fingerprint density at radius 2 is 1.38 bits per heavy atom. The van der Waals surface area contributed by atoms with Gasteiger partial charge < -0.3 is 37.2 Å². The highest BCUT2D eigenvalue weighted by molar-refractivity contribution is 5.94. The maximum absolute atomic E-state index is 12.7. The van der Waals surface area contributed by atoms with Crippen LogP contribution >= 0.6 is 0 Å². The molecule has 4 amide bonds. The number of nitrogens with two attached hydrogens (primary N) is 1. The van der Waals surface area contributed by atoms with Gasteiger partial charge in [0.05, 0.1) is 12.6 Å². The van der Waals surface area contributed by atoms with Crippen LogP contribution in [0.15, 0.2) is 0 Å². The van der Waals surface area contributed by atoms with E-state index in [-0.39, 0.29) is 18.8 Å². The number of amides is 4. The number of hydrogen-bond donors (Lipinski definition) is 7. The Kier molecular flexibility index (Phi) is 12.6. The summed E-state index contributed by atoms with van der Waals surface area (Å²) in [7, 11) is 0. The van der Waals surface area contributed by atoms with Crippen LogP contribution in [0.2, 0.25) is 0 Å². The summed E-state index contributed by atoms with van der Waals surface area (Å²) in [5.41, 5.74) is 5.52. The summed E-state index contributed by atoms with van der Waals surface area (Å²) >= 11 is 0. The second kappa shape index (κ2) is 14.0. The lowest BCUT2D eigenvalue weighted by atomic mass is 10.0. The van der Waals surface area contributed by atoms with Crippen LogP contribution in [0.4, 0.5) is 0 Å². The highest BCUT2D eigenvalue weighted by Crippen LogP contribution is 2.07. The van der Waals surface area contributed by atoms with E-state index in [1.54, 1.807) is 0 Å². The topological polar surface area (TPSA) is 217 Å². The Morgan fingerprint density at radius 3 is 1.84 bits per heavy atom. The van der Waals surface area contributed by atoms with Gasteiger partial charge in [0.1, 0.15) is 18.1 Å². The third-order valence-electron chi connectivity index (χ3n) is 4.20. The van der Waals surface area contributed by atoms with Crippen molar-refractivity contribution in [3.63, 3.8) is 0 Å². The van der Waals surface area contributed by atoms with Crippen LogP contribution in [-0.2, 0) is 28.8 Å². The van der Waals surface area contributed by atoms with E-state index in [1.165, 1.54) is 13.8 Å². The van der Waals surface area contributed by atoms with Crippen molar-refractivity contribution in [1.82, 2.24) is 21.3 Å². The minimum absolute atomic E-state index is 0.00495. The predicted molar refractivity (Wildman–Crippen MR) is 112 cm³/mol. The molecule has 0 radical (unpaired) electrons. The van der Waals surface area contributed by atoms with Gasteiger partial charge in [0.25, 0.3) is 0 Å². The first-order chi connectivity index (χ1) is 14.7. The van der Waals surface area contributed by atoms with Crippen molar-refractivity contribution in [3.05, 3.63) is 0 Å². The van der Waals surface area contributed by atoms with Crippen LogP contribution < -0.4 is 27.0 Å². The summed E-state index contributed by atoms with van der Waals surface area (Å²) in [6.07, 6.45) is -0.468. The lowest BCUT2D eigenvalue weighted by Crippen LogP contribution is -2.56. The SMILES string of the molecule is CC(C)CC(NC(=O)C(C)N)C(=O)NC(CCC(=O)O)C(=O)NCC(=O)NC(C)C(=O)O. The fraction of sp³-hybridized carbons (Fsp3) is 0.684. The molecular formula is C19H33N5O8. The van der Waals surface area contributed by atoms with Crippen LogP contribution in [0, 0.1) is 5.92 Å². The number of nitrogens with one attached hydrogen (secondary N) is 4. The quantitative estimate of drug-likeness (QED) is 0.151. The molecule has 0 fully saturated rings. The van der Waals surface area contributed by atoms with Gasteiger partial charge in [0.15, 0.2) is 0 Å². The summed E-state index contributed by atoms with van der Waals surface area (Å²) < 4.78 is 0. The van der Waals surface area contributed by atoms with Crippen LogP contribution in [0.1, 0.15) is 47.0 Å². The van der Waals surface area contributed by atoms with Gasteiger partial charge in [-0.3, -0.25) is 28.8 Å². The van der Waals surface area contributed by atoms with Gasteiger partial charge in [-0.15, -0.1) is 0 Å². The molecule has 13 nitrogen and oxygen atoms in total. The van der Waals surface area contributed by atoms with Gasteiger partial charge >= 0.3 is 11.9 Å². The molecule has 0 aromatic carbocycles. The zero-order chi connectivity index (χ0) is 25.0. The van der Waals surface area contributed by atoms with Crippen LogP contribution in [0.3, 0.4) is 0 Å². The van der Waals surface area contributed by atoms with Crippen LogP contribution in [0.5, 0.6) is 0 Å². The first kappa shape index (κ1) is 28.8. The van der Waals surface area contributed by atoms with E-state index in [1.807, 2.05) is 13.8 Å². The zero-order valence-electron chi connectivity index (χ0n) is 18.6. The van der Waals surface area contributed by atoms with E-state index >= 15 is 0 Å². The normalized spacial score (nSPS) is 14.4. The standard InChI is InChI=1S/C19H33N5O8/c1-9(2)7-13(24-16(28)10(3)20)18(30)23-12(5-6-15(26)27)17(29)21-8-14(25)22-11(4)19(31)32/h9-13H,5-8,20H2,1-4H3,(H,21,29)(H,22,25)(H,23,30)(H,24,28)(H,26,27)(H,31,32). The van der Waals surface area contributed by atoms with Crippen LogP contribution in [0.25, 0.3) is 0 Å². The first-order valence-corrected chi connectivity index (χ1v) is 10.1. The maximum Gasteiger partial charge on any atom is 0.325 e. The van der Waals surface area contributed by atoms with Crippen LogP contribution in [-0.4, -0.2) is 76.5 Å². The summed E-state index contributed by atoms with van der Waals surface area (Å²) in [6.45, 7) is 5.75. The second-order valence-electron chi connectivity index (χ2n) is 7.82. The molecule has 13 heteroatoms. The van der Waals surface area contributed by atoms with Gasteiger partial charge in [0, 0.05) is 6.42 Å². The van der Waals surface area contributed by atoms with Crippen molar-refractivity contribution in [2.75, 3.05) is 6.54 Å². The zero-order valence-corrected chi connectivity index (χ0v) is 18.6. The molecule has 0 saturated carbocycles. The van der Waals surface area contributed by atoms with E-state index in [0.717, 1.165) is 0 Å². The van der Waals surface area contributed by atoms with E-state index in [0.29, 0.717) is 0 Å². The van der Waals surface area contributed by atoms with Gasteiger partial charge in [0.2, 0.25) is 23.6 Å². The fourth-order valence-corrected chi connectivity index (χ4v) is 2.46. The molecule has 32 heavy (non-hydrogen) atoms. The minimum atomic E-state index is -1.30. The molecule has 0 aliphatic rings. The number of carbonyl (C=O) groups is 6. The highest BCUT2D eigenvalue weighted by atomic mass is 16.4. The average Bonchev–Trinajstić information content (AvgIpc) is 2.67. The van der Waals surface area contributed by atoms with Crippen molar-refractivity contribution >= 4 is 35.6 Å². The van der Waals surface area contributed by atoms with E-state index in [4.69, 9.17) is 15.9 Å². The number of hydrogen-bond acceptors (Lipinski definition) is 7. The monoisotopic (exact) mass is 459 g/mol. The van der Waals surface area contributed by atoms with Crippen molar-refractivity contribution in [2.45, 2.75) is 71.1 Å². The minimum Gasteiger partial charge on any atom is -0.481 e. The maximum atomic E-state index is 12.7. The third-order valence-corrected chi connectivity index (χ3v) is 4.20. The molecule has 0 heterocycles. The van der Waals surface area contributed by atoms with Gasteiger partial charge in [-0.1, -0.05) is 13.8 Å². The van der Waals surface area contributed by atoms with Crippen molar-refractivity contribution in [1.29, 1.82) is 0 Å². The Bertz CT molecular complexity index is 710. The molecule has 0 bridgehead atoms. The molecule has 8 N–H and O–H groups in total. The van der Waals surface area contributed by atoms with Crippen molar-refractivity contribution in [3.8, 4) is 0 Å². The average molecular weight is 460 g/mol. The molecular weight excluding hydrogens is 426 g/mol. The molecule has 0 spiro atoms. The molecule has 0 rings (SSSR count). The summed E-state index contributed by atoms with van der Waals surface area (Å²) in [5, 5.41) is 27.0. The third kappa shape index (κ3) is 11.8. The number of aliphatic carboxylic acids is 2.